The fraction of sp³-hybridized carbons (Fsp3) is 0.381. The fourth-order valence-corrected chi connectivity index (χ4v) is 5.39. The van der Waals surface area contributed by atoms with E-state index in [-0.39, 0.29) is 22.3 Å². The second kappa shape index (κ2) is 8.64. The van der Waals surface area contributed by atoms with E-state index in [1.165, 1.54) is 16.4 Å². The van der Waals surface area contributed by atoms with Gasteiger partial charge in [-0.25, -0.2) is 13.4 Å². The standard InChI is InChI=1S/C21H25N5O4S/c1-15(21-23-17-8-4-5-9-18(17)24-21)22-19-11-10-16(14-20(19)26(27)28)31(29,30)25-12-6-2-3-7-13-25/h4-5,8-11,14-15,22H,2-3,6-7,12-13H2,1H3,(H,23,24). The zero-order valence-corrected chi connectivity index (χ0v) is 18.1. The van der Waals surface area contributed by atoms with Crippen LogP contribution in [0.2, 0.25) is 0 Å². The first-order chi connectivity index (χ1) is 14.9. The molecule has 4 rings (SSSR count). The molecule has 9 nitrogen and oxygen atoms in total. The summed E-state index contributed by atoms with van der Waals surface area (Å²) < 4.78 is 27.5. The van der Waals surface area contributed by atoms with Gasteiger partial charge in [0.2, 0.25) is 10.0 Å². The molecule has 1 fully saturated rings. The van der Waals surface area contributed by atoms with Crippen molar-refractivity contribution in [3.8, 4) is 0 Å². The smallest absolute Gasteiger partial charge is 0.293 e. The zero-order valence-electron chi connectivity index (χ0n) is 17.2. The first kappa shape index (κ1) is 21.3. The lowest BCUT2D eigenvalue weighted by molar-refractivity contribution is -0.384. The third kappa shape index (κ3) is 4.40. The van der Waals surface area contributed by atoms with Crippen molar-refractivity contribution in [2.45, 2.75) is 43.5 Å². The largest absolute Gasteiger partial charge is 0.370 e. The third-order valence-electron chi connectivity index (χ3n) is 5.56. The molecule has 0 spiro atoms. The zero-order chi connectivity index (χ0) is 22.0. The van der Waals surface area contributed by atoms with Gasteiger partial charge in [-0.1, -0.05) is 25.0 Å². The number of aromatic amines is 1. The van der Waals surface area contributed by atoms with Gasteiger partial charge in [0.05, 0.1) is 26.9 Å². The summed E-state index contributed by atoms with van der Waals surface area (Å²) in [7, 11) is -3.77. The van der Waals surface area contributed by atoms with Crippen molar-refractivity contribution in [2.24, 2.45) is 0 Å². The van der Waals surface area contributed by atoms with E-state index < -0.39 is 14.9 Å². The SMILES string of the molecule is CC(Nc1ccc(S(=O)(=O)N2CCCCCC2)cc1[N+](=O)[O-])c1nc2ccccc2[nH]1. The van der Waals surface area contributed by atoms with Crippen molar-refractivity contribution in [1.29, 1.82) is 0 Å². The molecule has 164 valence electrons. The lowest BCUT2D eigenvalue weighted by Crippen LogP contribution is -2.32. The van der Waals surface area contributed by atoms with E-state index in [0.29, 0.717) is 18.9 Å². The van der Waals surface area contributed by atoms with Crippen LogP contribution in [0.15, 0.2) is 47.4 Å². The molecule has 0 saturated carbocycles. The predicted molar refractivity (Wildman–Crippen MR) is 118 cm³/mol. The molecule has 1 aromatic heterocycles. The maximum Gasteiger partial charge on any atom is 0.293 e. The number of hydrogen-bond acceptors (Lipinski definition) is 6. The van der Waals surface area contributed by atoms with Crippen LogP contribution in [0.5, 0.6) is 0 Å². The predicted octanol–water partition coefficient (Wildman–Crippen LogP) is 4.21. The Kier molecular flexibility index (Phi) is 5.92. The maximum absolute atomic E-state index is 13.0. The molecule has 3 aromatic rings. The number of H-pyrrole nitrogens is 1. The van der Waals surface area contributed by atoms with E-state index in [0.717, 1.165) is 42.8 Å². The lowest BCUT2D eigenvalue weighted by atomic mass is 10.2. The van der Waals surface area contributed by atoms with E-state index >= 15 is 0 Å². The van der Waals surface area contributed by atoms with Gasteiger partial charge in [0.15, 0.2) is 0 Å². The summed E-state index contributed by atoms with van der Waals surface area (Å²) in [6, 6.07) is 11.3. The molecule has 1 saturated heterocycles. The molecule has 0 amide bonds. The molecule has 0 radical (unpaired) electrons. The van der Waals surface area contributed by atoms with Gasteiger partial charge in [0, 0.05) is 19.2 Å². The molecule has 1 aliphatic heterocycles. The maximum atomic E-state index is 13.0. The molecule has 31 heavy (non-hydrogen) atoms. The quantitative estimate of drug-likeness (QED) is 0.435. The summed E-state index contributed by atoms with van der Waals surface area (Å²) >= 11 is 0. The highest BCUT2D eigenvalue weighted by Gasteiger charge is 2.28. The number of nitrogens with one attached hydrogen (secondary N) is 2. The first-order valence-corrected chi connectivity index (χ1v) is 11.8. The van der Waals surface area contributed by atoms with Gasteiger partial charge < -0.3 is 10.3 Å². The van der Waals surface area contributed by atoms with Crippen LogP contribution in [0.25, 0.3) is 11.0 Å². The molecule has 10 heteroatoms. The van der Waals surface area contributed by atoms with E-state index in [2.05, 4.69) is 15.3 Å². The van der Waals surface area contributed by atoms with Crippen molar-refractivity contribution in [2.75, 3.05) is 18.4 Å². The molecule has 2 heterocycles. The highest BCUT2D eigenvalue weighted by atomic mass is 32.2. The molecule has 1 atom stereocenters. The Morgan fingerprint density at radius 3 is 2.52 bits per heavy atom. The van der Waals surface area contributed by atoms with E-state index in [9.17, 15) is 18.5 Å². The van der Waals surface area contributed by atoms with Crippen LogP contribution in [0.4, 0.5) is 11.4 Å². The highest BCUT2D eigenvalue weighted by Crippen LogP contribution is 2.32. The molecule has 2 aromatic carbocycles. The number of nitrogens with zero attached hydrogens (tertiary/aromatic N) is 3. The van der Waals surface area contributed by atoms with Gasteiger partial charge >= 0.3 is 0 Å². The number of benzene rings is 2. The second-order valence-electron chi connectivity index (χ2n) is 7.76. The Bertz CT molecular complexity index is 1170. The van der Waals surface area contributed by atoms with Crippen LogP contribution in [-0.2, 0) is 10.0 Å². The van der Waals surface area contributed by atoms with Crippen LogP contribution in [0.3, 0.4) is 0 Å². The summed E-state index contributed by atoms with van der Waals surface area (Å²) in [6.45, 7) is 2.72. The number of anilines is 1. The van der Waals surface area contributed by atoms with Gasteiger partial charge in [-0.2, -0.15) is 4.31 Å². The number of rotatable bonds is 6. The number of imidazole rings is 1. The topological polar surface area (TPSA) is 121 Å². The summed E-state index contributed by atoms with van der Waals surface area (Å²) in [4.78, 5) is 18.8. The summed E-state index contributed by atoms with van der Waals surface area (Å²) in [6.07, 6.45) is 3.59. The van der Waals surface area contributed by atoms with Crippen molar-refractivity contribution in [1.82, 2.24) is 14.3 Å². The van der Waals surface area contributed by atoms with Crippen molar-refractivity contribution in [3.63, 3.8) is 0 Å². The number of fused-ring (bicyclic) bond motifs is 1. The van der Waals surface area contributed by atoms with Gasteiger partial charge in [-0.3, -0.25) is 10.1 Å². The molecular formula is C21H25N5O4S. The molecule has 2 N–H and O–H groups in total. The Balaban J connectivity index is 1.62. The summed E-state index contributed by atoms with van der Waals surface area (Å²) in [5.74, 6) is 0.636. The number of nitro groups is 1. The Morgan fingerprint density at radius 2 is 1.84 bits per heavy atom. The second-order valence-corrected chi connectivity index (χ2v) is 9.70. The first-order valence-electron chi connectivity index (χ1n) is 10.4. The Morgan fingerprint density at radius 1 is 1.13 bits per heavy atom. The van der Waals surface area contributed by atoms with E-state index in [4.69, 9.17) is 0 Å². The van der Waals surface area contributed by atoms with Crippen LogP contribution in [0.1, 0.15) is 44.5 Å². The van der Waals surface area contributed by atoms with E-state index in [1.54, 1.807) is 0 Å². The molecule has 0 aliphatic carbocycles. The monoisotopic (exact) mass is 443 g/mol. The molecule has 0 bridgehead atoms. The van der Waals surface area contributed by atoms with Crippen molar-refractivity contribution in [3.05, 3.63) is 58.4 Å². The average Bonchev–Trinajstić information content (AvgIpc) is 2.99. The minimum absolute atomic E-state index is 0.0527. The molecule has 1 aliphatic rings. The number of hydrogen-bond donors (Lipinski definition) is 2. The highest BCUT2D eigenvalue weighted by molar-refractivity contribution is 7.89. The average molecular weight is 444 g/mol. The number of nitro benzene ring substituents is 1. The number of aromatic nitrogens is 2. The van der Waals surface area contributed by atoms with Gasteiger partial charge in [0.25, 0.3) is 5.69 Å². The Hall–Kier alpha value is -2.98. The van der Waals surface area contributed by atoms with Crippen LogP contribution >= 0.6 is 0 Å². The van der Waals surface area contributed by atoms with Gasteiger partial charge in [-0.15, -0.1) is 0 Å². The van der Waals surface area contributed by atoms with Crippen molar-refractivity contribution < 1.29 is 13.3 Å². The summed E-state index contributed by atoms with van der Waals surface area (Å²) in [5, 5.41) is 14.8. The normalized spacial score (nSPS) is 16.7. The van der Waals surface area contributed by atoms with Crippen LogP contribution in [-0.4, -0.2) is 40.7 Å². The lowest BCUT2D eigenvalue weighted by Gasteiger charge is -2.20. The minimum atomic E-state index is -3.77. The summed E-state index contributed by atoms with van der Waals surface area (Å²) in [5.41, 5.74) is 1.64. The number of sulfonamides is 1. The molecule has 1 unspecified atom stereocenters. The minimum Gasteiger partial charge on any atom is -0.370 e. The van der Waals surface area contributed by atoms with Gasteiger partial charge in [0.1, 0.15) is 11.5 Å². The Labute approximate surface area is 180 Å². The third-order valence-corrected chi connectivity index (χ3v) is 7.45. The molecular weight excluding hydrogens is 418 g/mol. The fourth-order valence-electron chi connectivity index (χ4n) is 3.86. The van der Waals surface area contributed by atoms with Crippen LogP contribution in [0, 0.1) is 10.1 Å². The van der Waals surface area contributed by atoms with Gasteiger partial charge in [-0.05, 0) is 44.0 Å². The van der Waals surface area contributed by atoms with E-state index in [1.807, 2.05) is 31.2 Å². The van der Waals surface area contributed by atoms with Crippen LogP contribution < -0.4 is 5.32 Å². The number of para-hydroxylation sites is 2. The van der Waals surface area contributed by atoms with Crippen molar-refractivity contribution >= 4 is 32.4 Å².